The lowest BCUT2D eigenvalue weighted by Gasteiger charge is -2.22. The van der Waals surface area contributed by atoms with Crippen molar-refractivity contribution >= 4 is 10.0 Å². The molecule has 0 radical (unpaired) electrons. The lowest BCUT2D eigenvalue weighted by atomic mass is 10.1. The fourth-order valence-electron chi connectivity index (χ4n) is 2.79. The van der Waals surface area contributed by atoms with Crippen LogP contribution in [0.3, 0.4) is 0 Å². The first-order valence-electron chi connectivity index (χ1n) is 7.43. The first-order valence-corrected chi connectivity index (χ1v) is 8.92. The number of nitrogens with one attached hydrogen (secondary N) is 1. The van der Waals surface area contributed by atoms with E-state index in [4.69, 9.17) is 4.42 Å². The van der Waals surface area contributed by atoms with E-state index in [2.05, 4.69) is 14.8 Å². The average molecular weight is 324 g/mol. The average Bonchev–Trinajstić information content (AvgIpc) is 3.02. The predicted octanol–water partition coefficient (Wildman–Crippen LogP) is 1.86. The van der Waals surface area contributed by atoms with Gasteiger partial charge in [-0.1, -0.05) is 6.92 Å². The summed E-state index contributed by atoms with van der Waals surface area (Å²) in [7, 11) is -3.63. The van der Waals surface area contributed by atoms with E-state index in [0.717, 1.165) is 31.6 Å². The lowest BCUT2D eigenvalue weighted by molar-refractivity contribution is 0.399. The summed E-state index contributed by atoms with van der Waals surface area (Å²) in [6, 6.07) is 1.20. The van der Waals surface area contributed by atoms with Crippen LogP contribution < -0.4 is 4.72 Å². The number of rotatable bonds is 4. The van der Waals surface area contributed by atoms with Gasteiger partial charge in [-0.2, -0.15) is 5.10 Å². The van der Waals surface area contributed by atoms with E-state index < -0.39 is 10.0 Å². The molecule has 0 aromatic carbocycles. The van der Waals surface area contributed by atoms with Crippen molar-refractivity contribution in [3.05, 3.63) is 29.2 Å². The van der Waals surface area contributed by atoms with Crippen molar-refractivity contribution in [2.45, 2.75) is 57.5 Å². The number of nitrogens with zero attached hydrogens (tertiary/aromatic N) is 3. The van der Waals surface area contributed by atoms with Gasteiger partial charge in [0.15, 0.2) is 5.82 Å². The quantitative estimate of drug-likeness (QED) is 0.927. The summed E-state index contributed by atoms with van der Waals surface area (Å²) in [6.07, 6.45) is 2.33. The van der Waals surface area contributed by atoms with Crippen molar-refractivity contribution in [2.24, 2.45) is 0 Å². The summed E-state index contributed by atoms with van der Waals surface area (Å²) in [4.78, 5) is 4.65. The van der Waals surface area contributed by atoms with E-state index in [1.54, 1.807) is 19.9 Å². The van der Waals surface area contributed by atoms with Gasteiger partial charge in [-0.3, -0.25) is 0 Å². The monoisotopic (exact) mass is 324 g/mol. The maximum Gasteiger partial charge on any atom is 0.244 e. The molecule has 2 aromatic rings. The fourth-order valence-corrected chi connectivity index (χ4v) is 4.25. The minimum atomic E-state index is -3.63. The van der Waals surface area contributed by atoms with Crippen LogP contribution in [0.2, 0.25) is 0 Å². The molecule has 1 aliphatic heterocycles. The zero-order valence-electron chi connectivity index (χ0n) is 13.0. The number of fused-ring (bicyclic) bond motifs is 1. The molecule has 0 unspecified atom stereocenters. The Labute approximate surface area is 129 Å². The van der Waals surface area contributed by atoms with Crippen LogP contribution in [0, 0.1) is 13.8 Å². The van der Waals surface area contributed by atoms with Crippen molar-refractivity contribution in [3.8, 4) is 0 Å². The Hall–Kier alpha value is -1.67. The third kappa shape index (κ3) is 2.68. The minimum absolute atomic E-state index is 0.192. The summed E-state index contributed by atoms with van der Waals surface area (Å²) >= 11 is 0. The van der Waals surface area contributed by atoms with Crippen LogP contribution in [0.5, 0.6) is 0 Å². The summed E-state index contributed by atoms with van der Waals surface area (Å²) in [5.41, 5.74) is 0. The number of aromatic nitrogens is 3. The van der Waals surface area contributed by atoms with Crippen molar-refractivity contribution < 1.29 is 12.8 Å². The molecule has 2 aromatic heterocycles. The molecule has 3 rings (SSSR count). The summed E-state index contributed by atoms with van der Waals surface area (Å²) < 4.78 is 35.1. The Kier molecular flexibility index (Phi) is 3.82. The van der Waals surface area contributed by atoms with Gasteiger partial charge >= 0.3 is 0 Å². The van der Waals surface area contributed by atoms with E-state index in [-0.39, 0.29) is 10.9 Å². The standard InChI is InChI=1S/C14H20N4O3S/c1-4-13-15-14-11(6-5-7-18(14)16-13)17-22(19,20)12-8-9(2)21-10(12)3/h8,11,17H,4-7H2,1-3H3/t11-/m0/s1. The molecule has 0 saturated heterocycles. The van der Waals surface area contributed by atoms with Crippen molar-refractivity contribution in [1.82, 2.24) is 19.5 Å². The Morgan fingerprint density at radius 3 is 2.86 bits per heavy atom. The molecule has 1 aliphatic rings. The smallest absolute Gasteiger partial charge is 0.244 e. The molecule has 1 atom stereocenters. The second-order valence-electron chi connectivity index (χ2n) is 5.56. The molecule has 0 amide bonds. The Balaban J connectivity index is 1.91. The van der Waals surface area contributed by atoms with Gasteiger partial charge in [0.2, 0.25) is 10.0 Å². The highest BCUT2D eigenvalue weighted by Crippen LogP contribution is 2.27. The van der Waals surface area contributed by atoms with Crippen molar-refractivity contribution in [3.63, 3.8) is 0 Å². The van der Waals surface area contributed by atoms with Gasteiger partial charge in [0.1, 0.15) is 22.2 Å². The molecular formula is C14H20N4O3S. The molecule has 120 valence electrons. The zero-order chi connectivity index (χ0) is 15.9. The lowest BCUT2D eigenvalue weighted by Crippen LogP contribution is -2.33. The molecule has 0 fully saturated rings. The minimum Gasteiger partial charge on any atom is -0.465 e. The molecule has 22 heavy (non-hydrogen) atoms. The van der Waals surface area contributed by atoms with E-state index in [1.165, 1.54) is 0 Å². The van der Waals surface area contributed by atoms with Gasteiger partial charge < -0.3 is 4.42 Å². The number of furan rings is 1. The molecule has 0 spiro atoms. The molecular weight excluding hydrogens is 304 g/mol. The summed E-state index contributed by atoms with van der Waals surface area (Å²) in [5, 5.41) is 4.40. The zero-order valence-corrected chi connectivity index (χ0v) is 13.8. The fraction of sp³-hybridized carbons (Fsp3) is 0.571. The van der Waals surface area contributed by atoms with E-state index in [0.29, 0.717) is 17.3 Å². The van der Waals surface area contributed by atoms with Crippen LogP contribution in [-0.4, -0.2) is 23.2 Å². The summed E-state index contributed by atoms with van der Waals surface area (Å²) in [6.45, 7) is 6.15. The maximum absolute atomic E-state index is 12.6. The third-order valence-corrected chi connectivity index (χ3v) is 5.40. The van der Waals surface area contributed by atoms with Crippen molar-refractivity contribution in [1.29, 1.82) is 0 Å². The molecule has 8 heteroatoms. The van der Waals surface area contributed by atoms with Gasteiger partial charge in [-0.15, -0.1) is 0 Å². The Morgan fingerprint density at radius 2 is 2.23 bits per heavy atom. The molecule has 0 aliphatic carbocycles. The van der Waals surface area contributed by atoms with Crippen LogP contribution in [0.15, 0.2) is 15.4 Å². The van der Waals surface area contributed by atoms with Crippen LogP contribution in [0.1, 0.15) is 49.0 Å². The Morgan fingerprint density at radius 1 is 1.45 bits per heavy atom. The normalized spacial score (nSPS) is 18.4. The number of hydrogen-bond donors (Lipinski definition) is 1. The second-order valence-corrected chi connectivity index (χ2v) is 7.24. The van der Waals surface area contributed by atoms with E-state index >= 15 is 0 Å². The maximum atomic E-state index is 12.6. The predicted molar refractivity (Wildman–Crippen MR) is 79.9 cm³/mol. The number of hydrogen-bond acceptors (Lipinski definition) is 5. The van der Waals surface area contributed by atoms with Gasteiger partial charge in [0.05, 0.1) is 6.04 Å². The molecule has 7 nitrogen and oxygen atoms in total. The van der Waals surface area contributed by atoms with Crippen LogP contribution >= 0.6 is 0 Å². The first-order chi connectivity index (χ1) is 10.4. The number of aryl methyl sites for hydroxylation is 4. The molecule has 0 bridgehead atoms. The highest BCUT2D eigenvalue weighted by Gasteiger charge is 2.30. The van der Waals surface area contributed by atoms with Gasteiger partial charge in [0, 0.05) is 13.0 Å². The van der Waals surface area contributed by atoms with Gasteiger partial charge in [-0.25, -0.2) is 22.8 Å². The second kappa shape index (κ2) is 5.51. The van der Waals surface area contributed by atoms with Gasteiger partial charge in [-0.05, 0) is 32.8 Å². The highest BCUT2D eigenvalue weighted by molar-refractivity contribution is 7.89. The largest absolute Gasteiger partial charge is 0.465 e. The van der Waals surface area contributed by atoms with Crippen LogP contribution in [0.25, 0.3) is 0 Å². The van der Waals surface area contributed by atoms with Gasteiger partial charge in [0.25, 0.3) is 0 Å². The first kappa shape index (κ1) is 15.2. The topological polar surface area (TPSA) is 90.0 Å². The molecule has 1 N–H and O–H groups in total. The summed E-state index contributed by atoms with van der Waals surface area (Å²) in [5.74, 6) is 2.43. The molecule has 0 saturated carbocycles. The van der Waals surface area contributed by atoms with Crippen LogP contribution in [0.4, 0.5) is 0 Å². The van der Waals surface area contributed by atoms with Crippen LogP contribution in [-0.2, 0) is 23.0 Å². The van der Waals surface area contributed by atoms with E-state index in [9.17, 15) is 8.42 Å². The SMILES string of the molecule is CCc1nc2n(n1)CCC[C@@H]2NS(=O)(=O)c1cc(C)oc1C. The van der Waals surface area contributed by atoms with Crippen molar-refractivity contribution in [2.75, 3.05) is 0 Å². The molecule has 3 heterocycles. The van der Waals surface area contributed by atoms with E-state index in [1.807, 2.05) is 11.6 Å². The number of sulfonamides is 1. The Bertz CT molecular complexity index is 791. The highest BCUT2D eigenvalue weighted by atomic mass is 32.2. The third-order valence-electron chi connectivity index (χ3n) is 3.82.